The van der Waals surface area contributed by atoms with Crippen LogP contribution in [0.2, 0.25) is 0 Å². The van der Waals surface area contributed by atoms with E-state index in [4.69, 9.17) is 16.0 Å². The van der Waals surface area contributed by atoms with Crippen molar-refractivity contribution in [3.63, 3.8) is 0 Å². The predicted octanol–water partition coefficient (Wildman–Crippen LogP) is 3.52. The topological polar surface area (TPSA) is 79.5 Å². The molecule has 0 unspecified atom stereocenters. The summed E-state index contributed by atoms with van der Waals surface area (Å²) >= 11 is 7.38. The normalized spacial score (nSPS) is 18.3. The van der Waals surface area contributed by atoms with E-state index in [0.717, 1.165) is 41.0 Å². The molecule has 0 radical (unpaired) electrons. The van der Waals surface area contributed by atoms with Crippen LogP contribution in [0.3, 0.4) is 0 Å². The summed E-state index contributed by atoms with van der Waals surface area (Å²) in [4.78, 5) is 36.7. The van der Waals surface area contributed by atoms with Gasteiger partial charge >= 0.3 is 0 Å². The summed E-state index contributed by atoms with van der Waals surface area (Å²) in [5.74, 6) is 2.00. The maximum Gasteiger partial charge on any atom is 0.237 e. The van der Waals surface area contributed by atoms with Crippen molar-refractivity contribution in [3.8, 4) is 11.3 Å². The van der Waals surface area contributed by atoms with E-state index in [-0.39, 0.29) is 22.6 Å². The monoisotopic (exact) mass is 456 g/mol. The molecular weight excluding hydrogens is 436 g/mol. The lowest BCUT2D eigenvalue weighted by atomic mass is 10.0. The van der Waals surface area contributed by atoms with Crippen molar-refractivity contribution in [3.05, 3.63) is 48.5 Å². The van der Waals surface area contributed by atoms with E-state index in [1.54, 1.807) is 29.1 Å². The second kappa shape index (κ2) is 8.16. The summed E-state index contributed by atoms with van der Waals surface area (Å²) in [6.45, 7) is 1.65. The molecule has 2 aromatic heterocycles. The third-order valence-electron chi connectivity index (χ3n) is 6.00. The average molecular weight is 457 g/mol. The molecule has 1 spiro atoms. The molecule has 31 heavy (non-hydrogen) atoms. The Hall–Kier alpha value is -2.58. The molecule has 3 aromatic rings. The number of hydrogen-bond donors (Lipinski definition) is 0. The van der Waals surface area contributed by atoms with E-state index in [0.29, 0.717) is 25.4 Å². The van der Waals surface area contributed by atoms with Crippen LogP contribution in [0.5, 0.6) is 0 Å². The van der Waals surface area contributed by atoms with Crippen LogP contribution in [0.15, 0.2) is 47.1 Å². The molecule has 2 saturated heterocycles. The van der Waals surface area contributed by atoms with Crippen LogP contribution >= 0.6 is 23.4 Å². The molecule has 7 nitrogen and oxygen atoms in total. The van der Waals surface area contributed by atoms with Gasteiger partial charge in [0.05, 0.1) is 28.2 Å². The van der Waals surface area contributed by atoms with Gasteiger partial charge in [-0.3, -0.25) is 19.6 Å². The van der Waals surface area contributed by atoms with E-state index in [1.807, 2.05) is 35.2 Å². The molecule has 5 rings (SSSR count). The van der Waals surface area contributed by atoms with Gasteiger partial charge < -0.3 is 14.2 Å². The number of piperidine rings is 1. The molecule has 0 saturated carbocycles. The zero-order valence-electron chi connectivity index (χ0n) is 16.8. The molecule has 2 fully saturated rings. The van der Waals surface area contributed by atoms with E-state index < -0.39 is 0 Å². The summed E-state index contributed by atoms with van der Waals surface area (Å²) in [7, 11) is 0. The van der Waals surface area contributed by atoms with Crippen LogP contribution in [0.1, 0.15) is 18.6 Å². The van der Waals surface area contributed by atoms with Gasteiger partial charge in [0, 0.05) is 31.0 Å². The van der Waals surface area contributed by atoms with Crippen LogP contribution in [0.25, 0.3) is 22.4 Å². The number of carbonyl (C=O) groups is 2. The van der Waals surface area contributed by atoms with Crippen LogP contribution < -0.4 is 0 Å². The Balaban J connectivity index is 1.34. The van der Waals surface area contributed by atoms with Gasteiger partial charge in [0.1, 0.15) is 17.4 Å². The van der Waals surface area contributed by atoms with Crippen molar-refractivity contribution in [2.45, 2.75) is 24.3 Å². The van der Waals surface area contributed by atoms with Gasteiger partial charge in [0.15, 0.2) is 0 Å². The second-order valence-electron chi connectivity index (χ2n) is 7.75. The number of hydrogen-bond acceptors (Lipinski definition) is 6. The number of benzene rings is 1. The molecule has 1 aromatic carbocycles. The molecule has 0 aliphatic carbocycles. The summed E-state index contributed by atoms with van der Waals surface area (Å²) in [5.41, 5.74) is 2.56. The molecule has 160 valence electrons. The molecule has 2 amide bonds. The first-order valence-electron chi connectivity index (χ1n) is 10.2. The van der Waals surface area contributed by atoms with Gasteiger partial charge in [-0.05, 0) is 43.2 Å². The molecule has 0 bridgehead atoms. The number of aromatic nitrogens is 2. The highest BCUT2D eigenvalue weighted by Gasteiger charge is 2.48. The summed E-state index contributed by atoms with van der Waals surface area (Å²) < 4.78 is 6.11. The molecular formula is C22H21ClN4O3S. The fourth-order valence-electron chi connectivity index (χ4n) is 4.31. The number of thioether (sulfide) groups is 1. The zero-order valence-corrected chi connectivity index (χ0v) is 18.4. The first kappa shape index (κ1) is 20.3. The Morgan fingerprint density at radius 2 is 1.90 bits per heavy atom. The standard InChI is InChI=1S/C22H21ClN4O3S/c23-12-20(28)26-9-5-22(6-10-26)27(21(29)14-31-22)13-16-2-4-19(30-16)15-1-3-17-18(11-15)25-8-7-24-17/h1-4,7-8,11H,5-6,9-10,12-14H2. The maximum absolute atomic E-state index is 12.7. The average Bonchev–Trinajstić information content (AvgIpc) is 3.40. The zero-order chi connectivity index (χ0) is 21.4. The molecule has 0 N–H and O–H groups in total. The van der Waals surface area contributed by atoms with Crippen molar-refractivity contribution < 1.29 is 14.0 Å². The Kier molecular flexibility index (Phi) is 5.35. The van der Waals surface area contributed by atoms with Crippen molar-refractivity contribution in [1.82, 2.24) is 19.8 Å². The molecule has 4 heterocycles. The molecule has 9 heteroatoms. The number of amides is 2. The number of fused-ring (bicyclic) bond motifs is 1. The predicted molar refractivity (Wildman–Crippen MR) is 120 cm³/mol. The Bertz CT molecular complexity index is 1140. The van der Waals surface area contributed by atoms with Crippen molar-refractivity contribution in [2.75, 3.05) is 24.7 Å². The van der Waals surface area contributed by atoms with Crippen molar-refractivity contribution in [1.29, 1.82) is 0 Å². The Morgan fingerprint density at radius 3 is 2.68 bits per heavy atom. The number of alkyl halides is 1. The number of rotatable bonds is 4. The van der Waals surface area contributed by atoms with Crippen molar-refractivity contribution in [2.24, 2.45) is 0 Å². The first-order chi connectivity index (χ1) is 15.1. The minimum atomic E-state index is -0.286. The molecule has 2 aliphatic heterocycles. The number of likely N-dealkylation sites (tertiary alicyclic amines) is 1. The van der Waals surface area contributed by atoms with E-state index in [2.05, 4.69) is 9.97 Å². The number of nitrogens with zero attached hydrogens (tertiary/aromatic N) is 4. The summed E-state index contributed by atoms with van der Waals surface area (Å²) in [5, 5.41) is 0. The van der Waals surface area contributed by atoms with Gasteiger partial charge in [0.2, 0.25) is 11.8 Å². The lowest BCUT2D eigenvalue weighted by molar-refractivity contribution is -0.134. The van der Waals surface area contributed by atoms with Gasteiger partial charge in [-0.2, -0.15) is 0 Å². The van der Waals surface area contributed by atoms with Gasteiger partial charge in [-0.25, -0.2) is 0 Å². The minimum Gasteiger partial charge on any atom is -0.459 e. The smallest absolute Gasteiger partial charge is 0.237 e. The number of carbonyl (C=O) groups excluding carboxylic acids is 2. The van der Waals surface area contributed by atoms with Crippen LogP contribution in [-0.4, -0.2) is 61.2 Å². The van der Waals surface area contributed by atoms with Crippen molar-refractivity contribution >= 4 is 46.2 Å². The molecule has 0 atom stereocenters. The Morgan fingerprint density at radius 1 is 1.13 bits per heavy atom. The first-order valence-corrected chi connectivity index (χ1v) is 11.7. The van der Waals surface area contributed by atoms with Gasteiger partial charge in [0.25, 0.3) is 0 Å². The number of halogens is 1. The second-order valence-corrected chi connectivity index (χ2v) is 9.36. The third-order valence-corrected chi connectivity index (χ3v) is 7.78. The Labute approximate surface area is 188 Å². The fraction of sp³-hybridized carbons (Fsp3) is 0.364. The van der Waals surface area contributed by atoms with E-state index in [9.17, 15) is 9.59 Å². The number of furan rings is 1. The third kappa shape index (κ3) is 3.78. The lowest BCUT2D eigenvalue weighted by Gasteiger charge is -2.43. The van der Waals surface area contributed by atoms with Crippen LogP contribution in [0, 0.1) is 0 Å². The van der Waals surface area contributed by atoms with Gasteiger partial charge in [-0.15, -0.1) is 23.4 Å². The quantitative estimate of drug-likeness (QED) is 0.559. The highest BCUT2D eigenvalue weighted by Crippen LogP contribution is 2.45. The van der Waals surface area contributed by atoms with E-state index in [1.165, 1.54) is 0 Å². The van der Waals surface area contributed by atoms with E-state index >= 15 is 0 Å². The van der Waals surface area contributed by atoms with Gasteiger partial charge in [-0.1, -0.05) is 0 Å². The largest absolute Gasteiger partial charge is 0.459 e. The van der Waals surface area contributed by atoms with Crippen LogP contribution in [0.4, 0.5) is 0 Å². The highest BCUT2D eigenvalue weighted by atomic mass is 35.5. The summed E-state index contributed by atoms with van der Waals surface area (Å²) in [6, 6.07) is 9.68. The minimum absolute atomic E-state index is 0.00167. The molecule has 2 aliphatic rings. The summed E-state index contributed by atoms with van der Waals surface area (Å²) in [6.07, 6.45) is 4.82. The highest BCUT2D eigenvalue weighted by molar-refractivity contribution is 8.01. The van der Waals surface area contributed by atoms with Crippen LogP contribution in [-0.2, 0) is 16.1 Å². The lowest BCUT2D eigenvalue weighted by Crippen LogP contribution is -2.52. The maximum atomic E-state index is 12.7. The SMILES string of the molecule is O=C(CCl)N1CCC2(CC1)SCC(=O)N2Cc1ccc(-c2ccc3nccnc3c2)o1. The fourth-order valence-corrected chi connectivity index (χ4v) is 5.82.